The zero-order valence-electron chi connectivity index (χ0n) is 24.8. The van der Waals surface area contributed by atoms with Gasteiger partial charge in [0.2, 0.25) is 0 Å². The second-order valence-corrected chi connectivity index (χ2v) is 15.5. The molecule has 0 bridgehead atoms. The number of hydrogen-bond donors (Lipinski definition) is 1. The van der Waals surface area contributed by atoms with Gasteiger partial charge in [-0.25, -0.2) is 4.79 Å². The molecule has 0 aromatic heterocycles. The second kappa shape index (κ2) is 9.08. The molecular weight excluding hydrogens is 460 g/mol. The molecule has 0 spiro atoms. The number of carbonyl (C=O) groups is 1. The first-order chi connectivity index (χ1) is 17.3. The summed E-state index contributed by atoms with van der Waals surface area (Å²) in [6.45, 7) is 20.1. The summed E-state index contributed by atoms with van der Waals surface area (Å²) in [5, 5.41) is 11.0. The minimum atomic E-state index is -0.276. The van der Waals surface area contributed by atoms with E-state index in [1.54, 1.807) is 0 Å². The van der Waals surface area contributed by atoms with E-state index in [0.29, 0.717) is 46.5 Å². The maximum absolute atomic E-state index is 11.8. The van der Waals surface area contributed by atoms with Crippen LogP contribution in [-0.4, -0.2) is 37.5 Å². The van der Waals surface area contributed by atoms with Gasteiger partial charge in [-0.2, -0.15) is 0 Å². The first-order valence-electron chi connectivity index (χ1n) is 15.2. The average molecular weight is 515 g/mol. The van der Waals surface area contributed by atoms with E-state index in [0.717, 1.165) is 12.3 Å². The highest BCUT2D eigenvalue weighted by Crippen LogP contribution is 2.77. The van der Waals surface area contributed by atoms with E-state index < -0.39 is 0 Å². The molecule has 5 rings (SSSR count). The highest BCUT2D eigenvalue weighted by Gasteiger charge is 2.70. The molecule has 0 saturated heterocycles. The van der Waals surface area contributed by atoms with Crippen molar-refractivity contribution in [2.75, 3.05) is 20.3 Å². The number of methoxy groups -OCH3 is 1. The highest BCUT2D eigenvalue weighted by molar-refractivity contribution is 5.70. The minimum Gasteiger partial charge on any atom is -0.467 e. The van der Waals surface area contributed by atoms with Crippen molar-refractivity contribution in [2.24, 2.45) is 56.7 Å². The number of rotatable bonds is 5. The van der Waals surface area contributed by atoms with Gasteiger partial charge in [-0.05, 0) is 128 Å². The second-order valence-electron chi connectivity index (χ2n) is 15.5. The Morgan fingerprint density at radius 3 is 2.30 bits per heavy atom. The van der Waals surface area contributed by atoms with E-state index in [1.807, 2.05) is 0 Å². The van der Waals surface area contributed by atoms with Crippen LogP contribution in [0.15, 0.2) is 12.2 Å². The van der Waals surface area contributed by atoms with Gasteiger partial charge in [0.15, 0.2) is 0 Å². The fourth-order valence-electron chi connectivity index (χ4n) is 11.9. The van der Waals surface area contributed by atoms with Gasteiger partial charge in [-0.1, -0.05) is 46.8 Å². The summed E-state index contributed by atoms with van der Waals surface area (Å²) in [4.78, 5) is 11.8. The molecule has 5 aliphatic rings. The summed E-state index contributed by atoms with van der Waals surface area (Å²) in [6, 6.07) is 0. The SMILES string of the molecule is C=C(C)C1CC[C@]2(COCC(=O)OC)CC[C@]3(C)C(CCC4[C@@]5(C)CC[C@H](O)C(C)(C)C5CC[C@]43C)C12. The van der Waals surface area contributed by atoms with Crippen molar-refractivity contribution in [3.8, 4) is 0 Å². The molecule has 5 unspecified atom stereocenters. The number of hydrogen-bond acceptors (Lipinski definition) is 4. The third-order valence-electron chi connectivity index (χ3n) is 14.1. The molecule has 5 aliphatic carbocycles. The van der Waals surface area contributed by atoms with Crippen molar-refractivity contribution >= 4 is 5.97 Å². The molecule has 5 saturated carbocycles. The van der Waals surface area contributed by atoms with Crippen LogP contribution in [0.2, 0.25) is 0 Å². The number of carbonyl (C=O) groups excluding carboxylic acids is 1. The molecule has 0 aromatic carbocycles. The molecular formula is C33H54O4. The Balaban J connectivity index is 1.48. The summed E-state index contributed by atoms with van der Waals surface area (Å²) in [6.07, 6.45) is 12.0. The summed E-state index contributed by atoms with van der Waals surface area (Å²) in [7, 11) is 1.44. The fourth-order valence-corrected chi connectivity index (χ4v) is 11.9. The lowest BCUT2D eigenvalue weighted by Crippen LogP contribution is -2.66. The van der Waals surface area contributed by atoms with E-state index in [9.17, 15) is 9.90 Å². The lowest BCUT2D eigenvalue weighted by atomic mass is 9.32. The van der Waals surface area contributed by atoms with E-state index in [4.69, 9.17) is 9.47 Å². The molecule has 0 aliphatic heterocycles. The monoisotopic (exact) mass is 514 g/mol. The van der Waals surface area contributed by atoms with E-state index in [-0.39, 0.29) is 29.5 Å². The van der Waals surface area contributed by atoms with Gasteiger partial charge in [-0.3, -0.25) is 0 Å². The van der Waals surface area contributed by atoms with Crippen molar-refractivity contribution < 1.29 is 19.4 Å². The quantitative estimate of drug-likeness (QED) is 0.311. The highest BCUT2D eigenvalue weighted by atomic mass is 16.6. The van der Waals surface area contributed by atoms with E-state index >= 15 is 0 Å². The van der Waals surface area contributed by atoms with Crippen molar-refractivity contribution in [1.29, 1.82) is 0 Å². The first kappa shape index (κ1) is 27.7. The Kier molecular flexibility index (Phi) is 6.80. The van der Waals surface area contributed by atoms with Crippen LogP contribution in [-0.2, 0) is 14.3 Å². The largest absolute Gasteiger partial charge is 0.467 e. The summed E-state index contributed by atoms with van der Waals surface area (Å²) in [5.74, 6) is 2.87. The average Bonchev–Trinajstić information content (AvgIpc) is 3.22. The summed E-state index contributed by atoms with van der Waals surface area (Å²) in [5.41, 5.74) is 2.43. The minimum absolute atomic E-state index is 0.00127. The molecule has 1 N–H and O–H groups in total. The van der Waals surface area contributed by atoms with Gasteiger partial charge in [0.1, 0.15) is 6.61 Å². The van der Waals surface area contributed by atoms with Gasteiger partial charge < -0.3 is 14.6 Å². The van der Waals surface area contributed by atoms with Crippen LogP contribution in [0.4, 0.5) is 0 Å². The Labute approximate surface area is 226 Å². The third kappa shape index (κ3) is 3.77. The van der Waals surface area contributed by atoms with Crippen molar-refractivity contribution in [3.63, 3.8) is 0 Å². The van der Waals surface area contributed by atoms with Gasteiger partial charge in [0.05, 0.1) is 19.8 Å². The molecule has 4 nitrogen and oxygen atoms in total. The molecule has 0 amide bonds. The Morgan fingerprint density at radius 2 is 1.62 bits per heavy atom. The maximum atomic E-state index is 11.8. The lowest BCUT2D eigenvalue weighted by Gasteiger charge is -2.73. The zero-order valence-corrected chi connectivity index (χ0v) is 24.8. The summed E-state index contributed by atoms with van der Waals surface area (Å²) < 4.78 is 11.0. The smallest absolute Gasteiger partial charge is 0.331 e. The normalized spacial score (nSPS) is 50.3. The Hall–Kier alpha value is -0.870. The molecule has 10 atom stereocenters. The van der Waals surface area contributed by atoms with Crippen LogP contribution >= 0.6 is 0 Å². The molecule has 5 fully saturated rings. The zero-order chi connectivity index (χ0) is 27.0. The van der Waals surface area contributed by atoms with Crippen LogP contribution < -0.4 is 0 Å². The maximum Gasteiger partial charge on any atom is 0.331 e. The number of fused-ring (bicyclic) bond motifs is 7. The fraction of sp³-hybridized carbons (Fsp3) is 0.909. The number of ether oxygens (including phenoxy) is 2. The van der Waals surface area contributed by atoms with Gasteiger partial charge in [0.25, 0.3) is 0 Å². The third-order valence-corrected chi connectivity index (χ3v) is 14.1. The van der Waals surface area contributed by atoms with Crippen molar-refractivity contribution in [2.45, 2.75) is 112 Å². The molecule has 4 heteroatoms. The van der Waals surface area contributed by atoms with Crippen LogP contribution in [0.5, 0.6) is 0 Å². The van der Waals surface area contributed by atoms with Gasteiger partial charge in [-0.15, -0.1) is 0 Å². The first-order valence-corrected chi connectivity index (χ1v) is 15.2. The predicted octanol–water partition coefficient (Wildman–Crippen LogP) is 7.19. The molecule has 37 heavy (non-hydrogen) atoms. The molecule has 0 heterocycles. The number of aliphatic hydroxyl groups excluding tert-OH is 1. The number of esters is 1. The van der Waals surface area contributed by atoms with Crippen molar-refractivity contribution in [3.05, 3.63) is 12.2 Å². The van der Waals surface area contributed by atoms with E-state index in [1.165, 1.54) is 70.5 Å². The standard InChI is InChI=1S/C33H54O4/c1-21(2)22-11-16-33(20-37-19-27(35)36-8)18-17-31(6)23(28(22)33)9-10-25-30(5)14-13-26(34)29(3,4)24(30)12-15-32(25,31)7/h22-26,28,34H,1,9-20H2,2-8H3/t22?,23?,24?,25?,26-,28?,30-,31+,32+,33+/m0/s1. The molecule has 210 valence electrons. The van der Waals surface area contributed by atoms with Gasteiger partial charge in [0, 0.05) is 0 Å². The van der Waals surface area contributed by atoms with Crippen LogP contribution in [0, 0.1) is 56.7 Å². The lowest BCUT2D eigenvalue weighted by molar-refractivity contribution is -0.250. The van der Waals surface area contributed by atoms with Crippen molar-refractivity contribution in [1.82, 2.24) is 0 Å². The molecule has 0 radical (unpaired) electrons. The van der Waals surface area contributed by atoms with E-state index in [2.05, 4.69) is 48.1 Å². The number of aliphatic hydroxyl groups is 1. The van der Waals surface area contributed by atoms with Crippen LogP contribution in [0.3, 0.4) is 0 Å². The summed E-state index contributed by atoms with van der Waals surface area (Å²) >= 11 is 0. The Bertz CT molecular complexity index is 925. The van der Waals surface area contributed by atoms with Crippen LogP contribution in [0.1, 0.15) is 106 Å². The topological polar surface area (TPSA) is 55.8 Å². The predicted molar refractivity (Wildman–Crippen MR) is 148 cm³/mol. The van der Waals surface area contributed by atoms with Gasteiger partial charge >= 0.3 is 5.97 Å². The Morgan fingerprint density at radius 1 is 0.892 bits per heavy atom. The number of allylic oxidation sites excluding steroid dienone is 1. The van der Waals surface area contributed by atoms with Crippen LogP contribution in [0.25, 0.3) is 0 Å². The molecule has 0 aromatic rings.